The first-order valence-corrected chi connectivity index (χ1v) is 5.36. The molecule has 94 valence electrons. The third-order valence-corrected chi connectivity index (χ3v) is 2.15. The first kappa shape index (κ1) is 13.2. The van der Waals surface area contributed by atoms with E-state index in [9.17, 15) is 4.79 Å². The Bertz CT molecular complexity index is 418. The molecule has 17 heavy (non-hydrogen) atoms. The van der Waals surface area contributed by atoms with E-state index in [1.54, 1.807) is 20.0 Å². The molecule has 0 aliphatic heterocycles. The van der Waals surface area contributed by atoms with Gasteiger partial charge in [-0.2, -0.15) is 0 Å². The number of aliphatic carboxylic acids is 1. The lowest BCUT2D eigenvalue weighted by Crippen LogP contribution is -2.34. The van der Waals surface area contributed by atoms with E-state index in [0.717, 1.165) is 0 Å². The molecule has 0 saturated heterocycles. The minimum absolute atomic E-state index is 0.0188. The van der Waals surface area contributed by atoms with Crippen molar-refractivity contribution < 1.29 is 9.90 Å². The second-order valence-corrected chi connectivity index (χ2v) is 4.52. The van der Waals surface area contributed by atoms with Crippen molar-refractivity contribution in [3.63, 3.8) is 0 Å². The Balaban J connectivity index is 2.87. The molecule has 0 unspecified atom stereocenters. The largest absolute Gasteiger partial charge is 0.481 e. The third-order valence-electron chi connectivity index (χ3n) is 2.15. The normalized spacial score (nSPS) is 11.1. The van der Waals surface area contributed by atoms with Gasteiger partial charge in [-0.1, -0.05) is 0 Å². The molecule has 1 aromatic heterocycles. The average Bonchev–Trinajstić information content (AvgIpc) is 2.13. The number of nitrogens with zero attached hydrogens (tertiary/aromatic N) is 2. The predicted molar refractivity (Wildman–Crippen MR) is 66.3 cm³/mol. The Kier molecular flexibility index (Phi) is 3.88. The van der Waals surface area contributed by atoms with Gasteiger partial charge < -0.3 is 15.7 Å². The van der Waals surface area contributed by atoms with Gasteiger partial charge in [-0.15, -0.1) is 0 Å². The number of rotatable bonds is 5. The highest BCUT2D eigenvalue weighted by atomic mass is 16.4. The topological polar surface area (TPSA) is 87.1 Å². The lowest BCUT2D eigenvalue weighted by atomic mass is 10.0. The van der Waals surface area contributed by atoms with Gasteiger partial charge in [-0.25, -0.2) is 9.97 Å². The Labute approximate surface area is 100 Å². The quantitative estimate of drug-likeness (QED) is 0.720. The third kappa shape index (κ3) is 4.26. The average molecular weight is 238 g/mol. The number of nitrogens with one attached hydrogen (secondary N) is 2. The fourth-order valence-corrected chi connectivity index (χ4v) is 1.53. The molecule has 0 aromatic carbocycles. The van der Waals surface area contributed by atoms with Crippen LogP contribution in [-0.2, 0) is 4.79 Å². The summed E-state index contributed by atoms with van der Waals surface area (Å²) >= 11 is 0. The first-order valence-electron chi connectivity index (χ1n) is 5.36. The minimum Gasteiger partial charge on any atom is -0.481 e. The molecular formula is C11H18N4O2. The summed E-state index contributed by atoms with van der Waals surface area (Å²) in [4.78, 5) is 19.1. The van der Waals surface area contributed by atoms with Crippen molar-refractivity contribution >= 4 is 17.6 Å². The molecular weight excluding hydrogens is 220 g/mol. The molecule has 0 radical (unpaired) electrons. The summed E-state index contributed by atoms with van der Waals surface area (Å²) in [5.74, 6) is 1.10. The van der Waals surface area contributed by atoms with Crippen LogP contribution in [-0.4, -0.2) is 33.6 Å². The molecule has 0 aliphatic rings. The van der Waals surface area contributed by atoms with Gasteiger partial charge in [0, 0.05) is 18.7 Å². The molecule has 6 heteroatoms. The predicted octanol–water partition coefficient (Wildman–Crippen LogP) is 1.49. The maximum Gasteiger partial charge on any atom is 0.305 e. The Morgan fingerprint density at radius 3 is 2.53 bits per heavy atom. The lowest BCUT2D eigenvalue weighted by Gasteiger charge is -2.25. The van der Waals surface area contributed by atoms with Gasteiger partial charge in [0.05, 0.1) is 6.42 Å². The van der Waals surface area contributed by atoms with Crippen LogP contribution in [0.1, 0.15) is 26.1 Å². The molecule has 0 aliphatic carbocycles. The number of aromatic nitrogens is 2. The molecule has 6 nitrogen and oxygen atoms in total. The maximum atomic E-state index is 10.7. The summed E-state index contributed by atoms with van der Waals surface area (Å²) in [5.41, 5.74) is -0.558. The fraction of sp³-hybridized carbons (Fsp3) is 0.545. The van der Waals surface area contributed by atoms with Crippen LogP contribution < -0.4 is 10.6 Å². The van der Waals surface area contributed by atoms with Crippen LogP contribution in [0.5, 0.6) is 0 Å². The molecule has 3 N–H and O–H groups in total. The van der Waals surface area contributed by atoms with Crippen LogP contribution in [0, 0.1) is 6.92 Å². The van der Waals surface area contributed by atoms with E-state index in [1.165, 1.54) is 0 Å². The van der Waals surface area contributed by atoms with Crippen LogP contribution in [0.3, 0.4) is 0 Å². The first-order chi connectivity index (χ1) is 7.82. The number of anilines is 2. The molecule has 0 fully saturated rings. The van der Waals surface area contributed by atoms with Gasteiger partial charge in [-0.05, 0) is 20.8 Å². The van der Waals surface area contributed by atoms with Crippen molar-refractivity contribution in [3.05, 3.63) is 11.9 Å². The zero-order valence-electron chi connectivity index (χ0n) is 10.5. The van der Waals surface area contributed by atoms with Crippen molar-refractivity contribution in [1.29, 1.82) is 0 Å². The van der Waals surface area contributed by atoms with Gasteiger partial charge in [0.25, 0.3) is 0 Å². The number of aryl methyl sites for hydroxylation is 1. The van der Waals surface area contributed by atoms with E-state index in [2.05, 4.69) is 20.6 Å². The number of hydrogen-bond donors (Lipinski definition) is 3. The standard InChI is InChI=1S/C11H18N4O2/c1-7-13-8(12-4)5-9(14-7)15-11(2,3)6-10(16)17/h5H,6H2,1-4H3,(H,16,17)(H2,12,13,14,15). The van der Waals surface area contributed by atoms with E-state index in [0.29, 0.717) is 17.5 Å². The minimum atomic E-state index is -0.845. The SMILES string of the molecule is CNc1cc(NC(C)(C)CC(=O)O)nc(C)n1. The Morgan fingerprint density at radius 1 is 1.41 bits per heavy atom. The van der Waals surface area contributed by atoms with Crippen LogP contribution in [0.2, 0.25) is 0 Å². The second-order valence-electron chi connectivity index (χ2n) is 4.52. The number of hydrogen-bond acceptors (Lipinski definition) is 5. The summed E-state index contributed by atoms with van der Waals surface area (Å²) in [6.45, 7) is 5.42. The van der Waals surface area contributed by atoms with Crippen LogP contribution in [0.4, 0.5) is 11.6 Å². The number of carbonyl (C=O) groups is 1. The van der Waals surface area contributed by atoms with E-state index in [4.69, 9.17) is 5.11 Å². The number of carboxylic acid groups (broad SMARTS) is 1. The molecule has 0 saturated carbocycles. The summed E-state index contributed by atoms with van der Waals surface area (Å²) in [6, 6.07) is 1.75. The van der Waals surface area contributed by atoms with Gasteiger partial charge in [0.15, 0.2) is 0 Å². The van der Waals surface area contributed by atoms with Crippen molar-refractivity contribution in [3.8, 4) is 0 Å². The maximum absolute atomic E-state index is 10.7. The molecule has 1 rings (SSSR count). The highest BCUT2D eigenvalue weighted by Crippen LogP contribution is 2.18. The lowest BCUT2D eigenvalue weighted by molar-refractivity contribution is -0.137. The summed E-state index contributed by atoms with van der Waals surface area (Å²) in [7, 11) is 1.77. The van der Waals surface area contributed by atoms with Gasteiger partial charge >= 0.3 is 5.97 Å². The van der Waals surface area contributed by atoms with E-state index < -0.39 is 11.5 Å². The molecule has 0 spiro atoms. The van der Waals surface area contributed by atoms with Gasteiger partial charge in [0.2, 0.25) is 0 Å². The van der Waals surface area contributed by atoms with Crippen molar-refractivity contribution in [2.75, 3.05) is 17.7 Å². The van der Waals surface area contributed by atoms with E-state index >= 15 is 0 Å². The van der Waals surface area contributed by atoms with Crippen molar-refractivity contribution in [1.82, 2.24) is 9.97 Å². The summed E-state index contributed by atoms with van der Waals surface area (Å²) in [5, 5.41) is 14.8. The summed E-state index contributed by atoms with van der Waals surface area (Å²) < 4.78 is 0. The molecule has 1 aromatic rings. The monoisotopic (exact) mass is 238 g/mol. The van der Waals surface area contributed by atoms with E-state index in [1.807, 2.05) is 13.8 Å². The molecule has 1 heterocycles. The Hall–Kier alpha value is -1.85. The smallest absolute Gasteiger partial charge is 0.305 e. The molecule has 0 bridgehead atoms. The van der Waals surface area contributed by atoms with Crippen molar-refractivity contribution in [2.24, 2.45) is 0 Å². The highest BCUT2D eigenvalue weighted by Gasteiger charge is 2.22. The van der Waals surface area contributed by atoms with E-state index in [-0.39, 0.29) is 6.42 Å². The zero-order chi connectivity index (χ0) is 13.1. The van der Waals surface area contributed by atoms with Gasteiger partial charge in [-0.3, -0.25) is 4.79 Å². The van der Waals surface area contributed by atoms with Crippen LogP contribution >= 0.6 is 0 Å². The summed E-state index contributed by atoms with van der Waals surface area (Å²) in [6.07, 6.45) is 0.0188. The molecule has 0 amide bonds. The highest BCUT2D eigenvalue weighted by molar-refractivity contribution is 5.69. The second kappa shape index (κ2) is 4.99. The van der Waals surface area contributed by atoms with Crippen LogP contribution in [0.15, 0.2) is 6.07 Å². The number of carboxylic acids is 1. The fourth-order valence-electron chi connectivity index (χ4n) is 1.53. The Morgan fingerprint density at radius 2 is 2.00 bits per heavy atom. The zero-order valence-corrected chi connectivity index (χ0v) is 10.5. The molecule has 0 atom stereocenters. The van der Waals surface area contributed by atoms with Crippen molar-refractivity contribution in [2.45, 2.75) is 32.7 Å². The van der Waals surface area contributed by atoms with Crippen LogP contribution in [0.25, 0.3) is 0 Å². The van der Waals surface area contributed by atoms with Gasteiger partial charge in [0.1, 0.15) is 17.5 Å².